The van der Waals surface area contributed by atoms with Crippen molar-refractivity contribution >= 4 is 23.3 Å². The number of aliphatic carboxylic acids is 1. The number of hydrogen-bond donors (Lipinski definition) is 0. The predicted molar refractivity (Wildman–Crippen MR) is 21.0 cm³/mol. The Morgan fingerprint density at radius 2 is 2.00 bits per heavy atom. The predicted octanol–water partition coefficient (Wildman–Crippen LogP) is -1.46. The van der Waals surface area contributed by atoms with Crippen LogP contribution in [0.5, 0.6) is 0 Å². The summed E-state index contributed by atoms with van der Waals surface area (Å²) in [7, 11) is 0. The molecule has 0 aromatic rings. The SMILES string of the molecule is C=CC(=O)[O-].[Al+]. The Bertz CT molecular complexity index is 59.8. The summed E-state index contributed by atoms with van der Waals surface area (Å²) in [5.41, 5.74) is 0. The van der Waals surface area contributed by atoms with Crippen LogP contribution in [0.2, 0.25) is 0 Å². The first-order chi connectivity index (χ1) is 2.27. The molecule has 0 aliphatic carbocycles. The molecule has 3 heteroatoms. The molecule has 0 aliphatic heterocycles. The first kappa shape index (κ1) is 9.22. The molecule has 0 saturated heterocycles. The quantitative estimate of drug-likeness (QED) is 0.297. The Morgan fingerprint density at radius 3 is 2.00 bits per heavy atom. The molecule has 0 aromatic carbocycles. The maximum absolute atomic E-state index is 9.14. The number of carbonyl (C=O) groups excluding carboxylic acids is 1. The van der Waals surface area contributed by atoms with Gasteiger partial charge in [0.05, 0.1) is 5.97 Å². The molecule has 0 N–H and O–H groups in total. The van der Waals surface area contributed by atoms with E-state index in [2.05, 4.69) is 6.58 Å². The van der Waals surface area contributed by atoms with Crippen molar-refractivity contribution in [3.8, 4) is 0 Å². The molecule has 0 spiro atoms. The van der Waals surface area contributed by atoms with E-state index in [4.69, 9.17) is 9.90 Å². The molecule has 0 amide bonds. The van der Waals surface area contributed by atoms with Crippen LogP contribution in [-0.4, -0.2) is 23.3 Å². The van der Waals surface area contributed by atoms with Gasteiger partial charge in [0.2, 0.25) is 0 Å². The Hall–Kier alpha value is -0.258. The Kier molecular flexibility index (Phi) is 7.29. The fourth-order valence-corrected chi connectivity index (χ4v) is 0. The van der Waals surface area contributed by atoms with E-state index in [0.717, 1.165) is 6.08 Å². The van der Waals surface area contributed by atoms with Crippen LogP contribution in [0.4, 0.5) is 0 Å². The summed E-state index contributed by atoms with van der Waals surface area (Å²) in [6, 6.07) is 0. The zero-order valence-electron chi connectivity index (χ0n) is 3.18. The van der Waals surface area contributed by atoms with Crippen molar-refractivity contribution < 1.29 is 9.90 Å². The Balaban J connectivity index is 0. The van der Waals surface area contributed by atoms with Gasteiger partial charge in [0, 0.05) is 0 Å². The summed E-state index contributed by atoms with van der Waals surface area (Å²) in [6.07, 6.45) is 0.722. The van der Waals surface area contributed by atoms with E-state index in [9.17, 15) is 0 Å². The van der Waals surface area contributed by atoms with Crippen LogP contribution in [0.1, 0.15) is 0 Å². The van der Waals surface area contributed by atoms with E-state index >= 15 is 0 Å². The fraction of sp³-hybridized carbons (Fsp3) is 0. The molecule has 0 saturated carbocycles. The van der Waals surface area contributed by atoms with Crippen molar-refractivity contribution in [3.63, 3.8) is 0 Å². The average Bonchev–Trinajstić information content (AvgIpc) is 1.38. The standard InChI is InChI=1S/C3H4O2.Al/c1-2-3(4)5;/h2H,1H2,(H,4,5);/q;+1/p-1. The monoisotopic (exact) mass is 98.0 g/mol. The van der Waals surface area contributed by atoms with Gasteiger partial charge >= 0.3 is 17.4 Å². The van der Waals surface area contributed by atoms with E-state index < -0.39 is 5.97 Å². The molecule has 0 rings (SSSR count). The van der Waals surface area contributed by atoms with Gasteiger partial charge in [0.1, 0.15) is 0 Å². The summed E-state index contributed by atoms with van der Waals surface area (Å²) in [4.78, 5) is 9.14. The van der Waals surface area contributed by atoms with Crippen LogP contribution in [0.15, 0.2) is 12.7 Å². The maximum atomic E-state index is 9.14. The first-order valence-electron chi connectivity index (χ1n) is 1.11. The number of carboxylic acid groups (broad SMARTS) is 1. The molecule has 0 heterocycles. The third-order valence-electron chi connectivity index (χ3n) is 0.167. The number of hydrogen-bond acceptors (Lipinski definition) is 2. The molecule has 0 atom stereocenters. The normalized spacial score (nSPS) is 5.33. The van der Waals surface area contributed by atoms with E-state index in [1.54, 1.807) is 0 Å². The van der Waals surface area contributed by atoms with Gasteiger partial charge in [-0.3, -0.25) is 0 Å². The van der Waals surface area contributed by atoms with Gasteiger partial charge in [-0.25, -0.2) is 0 Å². The van der Waals surface area contributed by atoms with Gasteiger partial charge < -0.3 is 9.90 Å². The van der Waals surface area contributed by atoms with Crippen molar-refractivity contribution in [3.05, 3.63) is 12.7 Å². The third-order valence-corrected chi connectivity index (χ3v) is 0.167. The molecule has 0 aliphatic rings. The number of carbonyl (C=O) groups is 1. The fourth-order valence-electron chi connectivity index (χ4n) is 0. The second-order valence-corrected chi connectivity index (χ2v) is 0.523. The van der Waals surface area contributed by atoms with Crippen molar-refractivity contribution in [1.82, 2.24) is 0 Å². The molecule has 2 radical (unpaired) electrons. The minimum Gasteiger partial charge on any atom is -0.545 e. The second-order valence-electron chi connectivity index (χ2n) is 0.523. The topological polar surface area (TPSA) is 40.1 Å². The van der Waals surface area contributed by atoms with Crippen molar-refractivity contribution in [1.29, 1.82) is 0 Å². The van der Waals surface area contributed by atoms with E-state index in [1.165, 1.54) is 0 Å². The van der Waals surface area contributed by atoms with Crippen LogP contribution in [0.25, 0.3) is 0 Å². The molecular formula is C3H3AlO2. The minimum atomic E-state index is -1.23. The number of carboxylic acids is 1. The largest absolute Gasteiger partial charge is 1.00 e. The Labute approximate surface area is 46.6 Å². The maximum Gasteiger partial charge on any atom is 1.00 e. The van der Waals surface area contributed by atoms with Crippen molar-refractivity contribution in [2.45, 2.75) is 0 Å². The van der Waals surface area contributed by atoms with Gasteiger partial charge in [0.25, 0.3) is 0 Å². The summed E-state index contributed by atoms with van der Waals surface area (Å²) >= 11 is 0. The van der Waals surface area contributed by atoms with Crippen LogP contribution < -0.4 is 5.11 Å². The van der Waals surface area contributed by atoms with Crippen molar-refractivity contribution in [2.24, 2.45) is 0 Å². The molecule has 0 unspecified atom stereocenters. The van der Waals surface area contributed by atoms with Gasteiger partial charge in [0.15, 0.2) is 0 Å². The molecule has 30 valence electrons. The van der Waals surface area contributed by atoms with Gasteiger partial charge in [-0.1, -0.05) is 6.58 Å². The van der Waals surface area contributed by atoms with Gasteiger partial charge in [-0.2, -0.15) is 0 Å². The molecular weight excluding hydrogens is 95.0 g/mol. The van der Waals surface area contributed by atoms with E-state index in [0.29, 0.717) is 0 Å². The molecule has 0 aromatic heterocycles. The average molecular weight is 98.0 g/mol. The number of rotatable bonds is 1. The van der Waals surface area contributed by atoms with E-state index in [-0.39, 0.29) is 17.4 Å². The summed E-state index contributed by atoms with van der Waals surface area (Å²) < 4.78 is 0. The zero-order chi connectivity index (χ0) is 4.28. The minimum absolute atomic E-state index is 0. The van der Waals surface area contributed by atoms with Crippen molar-refractivity contribution in [2.75, 3.05) is 0 Å². The first-order valence-corrected chi connectivity index (χ1v) is 1.11. The van der Waals surface area contributed by atoms with Gasteiger partial charge in [-0.15, -0.1) is 0 Å². The van der Waals surface area contributed by atoms with E-state index in [1.807, 2.05) is 0 Å². The van der Waals surface area contributed by atoms with Crippen LogP contribution >= 0.6 is 0 Å². The summed E-state index contributed by atoms with van der Waals surface area (Å²) in [6.45, 7) is 2.90. The molecule has 0 fully saturated rings. The summed E-state index contributed by atoms with van der Waals surface area (Å²) in [5, 5.41) is 9.14. The van der Waals surface area contributed by atoms with Crippen LogP contribution in [-0.2, 0) is 4.79 Å². The molecule has 6 heavy (non-hydrogen) atoms. The molecule has 2 nitrogen and oxygen atoms in total. The smallest absolute Gasteiger partial charge is 0.545 e. The second kappa shape index (κ2) is 4.74. The third kappa shape index (κ3) is 9.27. The Morgan fingerprint density at radius 1 is 1.83 bits per heavy atom. The zero-order valence-corrected chi connectivity index (χ0v) is 4.33. The van der Waals surface area contributed by atoms with Crippen LogP contribution in [0.3, 0.4) is 0 Å². The summed E-state index contributed by atoms with van der Waals surface area (Å²) in [5.74, 6) is -1.23. The van der Waals surface area contributed by atoms with Crippen LogP contribution in [0, 0.1) is 0 Å². The molecule has 0 bridgehead atoms. The van der Waals surface area contributed by atoms with Gasteiger partial charge in [-0.05, 0) is 6.08 Å².